The van der Waals surface area contributed by atoms with E-state index in [2.05, 4.69) is 55.4 Å². The molecule has 0 bridgehead atoms. The Hall–Kier alpha value is -2.83. The van der Waals surface area contributed by atoms with Crippen molar-refractivity contribution >= 4 is 16.9 Å². The number of hydrogen-bond acceptors (Lipinski definition) is 5. The summed E-state index contributed by atoms with van der Waals surface area (Å²) >= 11 is 0. The smallest absolute Gasteiger partial charge is 0.251 e. The molecule has 0 aliphatic carbocycles. The monoisotopic (exact) mass is 375 g/mol. The Balaban J connectivity index is 1.20. The summed E-state index contributed by atoms with van der Waals surface area (Å²) in [5.74, 6) is -0.0599. The van der Waals surface area contributed by atoms with E-state index in [-0.39, 0.29) is 5.91 Å². The van der Waals surface area contributed by atoms with Gasteiger partial charge in [0, 0.05) is 63.8 Å². The first-order valence-corrected chi connectivity index (χ1v) is 9.75. The predicted octanol–water partition coefficient (Wildman–Crippen LogP) is 2.18. The fraction of sp³-hybridized carbons (Fsp3) is 0.318. The van der Waals surface area contributed by atoms with Crippen molar-refractivity contribution in [3.8, 4) is 0 Å². The second-order valence-corrected chi connectivity index (χ2v) is 7.12. The maximum absolute atomic E-state index is 12.4. The number of nitrogens with zero attached hydrogens (tertiary/aromatic N) is 4. The van der Waals surface area contributed by atoms with Gasteiger partial charge in [0.1, 0.15) is 0 Å². The van der Waals surface area contributed by atoms with E-state index in [1.807, 2.05) is 6.07 Å². The molecule has 1 N–H and O–H groups in total. The highest BCUT2D eigenvalue weighted by atomic mass is 16.1. The van der Waals surface area contributed by atoms with Crippen molar-refractivity contribution in [2.24, 2.45) is 0 Å². The van der Waals surface area contributed by atoms with Gasteiger partial charge >= 0.3 is 0 Å². The van der Waals surface area contributed by atoms with Crippen molar-refractivity contribution in [3.63, 3.8) is 0 Å². The van der Waals surface area contributed by atoms with Gasteiger partial charge in [0.2, 0.25) is 0 Å². The van der Waals surface area contributed by atoms with Gasteiger partial charge < -0.3 is 5.32 Å². The third-order valence-electron chi connectivity index (χ3n) is 5.16. The molecule has 0 atom stereocenters. The molecule has 0 saturated carbocycles. The lowest BCUT2D eigenvalue weighted by Crippen LogP contribution is -2.48. The normalized spacial score (nSPS) is 15.6. The van der Waals surface area contributed by atoms with E-state index in [1.165, 1.54) is 5.56 Å². The van der Waals surface area contributed by atoms with Crippen LogP contribution in [-0.2, 0) is 6.54 Å². The molecular weight excluding hydrogens is 350 g/mol. The Kier molecular flexibility index (Phi) is 5.89. The molecule has 144 valence electrons. The number of nitrogens with one attached hydrogen (secondary N) is 1. The lowest BCUT2D eigenvalue weighted by molar-refractivity contribution is 0.0934. The van der Waals surface area contributed by atoms with Crippen LogP contribution in [0.2, 0.25) is 0 Å². The zero-order chi connectivity index (χ0) is 19.2. The van der Waals surface area contributed by atoms with E-state index < -0.39 is 0 Å². The molecule has 4 rings (SSSR count). The van der Waals surface area contributed by atoms with Crippen LogP contribution in [0.1, 0.15) is 15.9 Å². The molecule has 1 aliphatic rings. The zero-order valence-corrected chi connectivity index (χ0v) is 15.9. The van der Waals surface area contributed by atoms with Gasteiger partial charge in [-0.3, -0.25) is 24.6 Å². The summed E-state index contributed by atoms with van der Waals surface area (Å²) in [6.45, 7) is 6.73. The van der Waals surface area contributed by atoms with E-state index in [4.69, 9.17) is 0 Å². The zero-order valence-electron chi connectivity index (χ0n) is 15.9. The molecule has 1 aliphatic heterocycles. The molecular formula is C22H25N5O. The molecule has 2 heterocycles. The van der Waals surface area contributed by atoms with E-state index in [0.29, 0.717) is 12.1 Å². The first-order valence-electron chi connectivity index (χ1n) is 9.75. The number of carbonyl (C=O) groups is 1. The van der Waals surface area contributed by atoms with Gasteiger partial charge in [-0.05, 0) is 23.8 Å². The first-order chi connectivity index (χ1) is 13.8. The summed E-state index contributed by atoms with van der Waals surface area (Å²) in [5.41, 5.74) is 3.53. The Morgan fingerprint density at radius 3 is 2.39 bits per heavy atom. The molecule has 28 heavy (non-hydrogen) atoms. The van der Waals surface area contributed by atoms with Crippen molar-refractivity contribution in [3.05, 3.63) is 72.1 Å². The number of aromatic nitrogens is 2. The number of rotatable bonds is 6. The second-order valence-electron chi connectivity index (χ2n) is 7.12. The quantitative estimate of drug-likeness (QED) is 0.716. The van der Waals surface area contributed by atoms with Gasteiger partial charge in [0.25, 0.3) is 5.91 Å². The van der Waals surface area contributed by atoms with Crippen LogP contribution in [0.3, 0.4) is 0 Å². The Bertz CT molecular complexity index is 922. The van der Waals surface area contributed by atoms with Gasteiger partial charge in [-0.2, -0.15) is 0 Å². The first kappa shape index (κ1) is 18.5. The SMILES string of the molecule is O=C(NCCN1CCN(Cc2ccccc2)CC1)c1ccc2nccnc2c1. The maximum atomic E-state index is 12.4. The highest BCUT2D eigenvalue weighted by Crippen LogP contribution is 2.11. The van der Waals surface area contributed by atoms with Gasteiger partial charge in [-0.15, -0.1) is 0 Å². The molecule has 1 saturated heterocycles. The van der Waals surface area contributed by atoms with Crippen LogP contribution in [0.5, 0.6) is 0 Å². The average molecular weight is 375 g/mol. The number of fused-ring (bicyclic) bond motifs is 1. The molecule has 1 amide bonds. The lowest BCUT2D eigenvalue weighted by Gasteiger charge is -2.34. The maximum Gasteiger partial charge on any atom is 0.251 e. The molecule has 6 heteroatoms. The van der Waals surface area contributed by atoms with E-state index >= 15 is 0 Å². The van der Waals surface area contributed by atoms with Crippen LogP contribution in [0.15, 0.2) is 60.9 Å². The standard InChI is InChI=1S/C22H25N5O/c28-22(19-6-7-20-21(16-19)24-9-8-23-20)25-10-11-26-12-14-27(15-13-26)17-18-4-2-1-3-5-18/h1-9,16H,10-15,17H2,(H,25,28). The lowest BCUT2D eigenvalue weighted by atomic mass is 10.2. The van der Waals surface area contributed by atoms with Crippen LogP contribution in [0.25, 0.3) is 11.0 Å². The Labute approximate surface area is 165 Å². The van der Waals surface area contributed by atoms with Crippen LogP contribution >= 0.6 is 0 Å². The largest absolute Gasteiger partial charge is 0.351 e. The van der Waals surface area contributed by atoms with Crippen molar-refractivity contribution in [1.29, 1.82) is 0 Å². The minimum Gasteiger partial charge on any atom is -0.351 e. The van der Waals surface area contributed by atoms with Crippen molar-refractivity contribution in [1.82, 2.24) is 25.1 Å². The molecule has 2 aromatic carbocycles. The third kappa shape index (κ3) is 4.71. The summed E-state index contributed by atoms with van der Waals surface area (Å²) < 4.78 is 0. The van der Waals surface area contributed by atoms with Crippen molar-refractivity contribution in [2.75, 3.05) is 39.3 Å². The van der Waals surface area contributed by atoms with Gasteiger partial charge in [-0.1, -0.05) is 30.3 Å². The summed E-state index contributed by atoms with van der Waals surface area (Å²) in [6.07, 6.45) is 3.29. The van der Waals surface area contributed by atoms with Crippen LogP contribution in [0, 0.1) is 0 Å². The van der Waals surface area contributed by atoms with E-state index in [1.54, 1.807) is 24.5 Å². The fourth-order valence-corrected chi connectivity index (χ4v) is 3.55. The molecule has 1 aromatic heterocycles. The molecule has 0 spiro atoms. The number of piperazine rings is 1. The number of hydrogen-bond donors (Lipinski definition) is 1. The summed E-state index contributed by atoms with van der Waals surface area (Å²) in [4.78, 5) is 25.8. The molecule has 6 nitrogen and oxygen atoms in total. The Morgan fingerprint density at radius 1 is 0.893 bits per heavy atom. The molecule has 3 aromatic rings. The van der Waals surface area contributed by atoms with Crippen molar-refractivity contribution in [2.45, 2.75) is 6.54 Å². The van der Waals surface area contributed by atoms with Gasteiger partial charge in [-0.25, -0.2) is 0 Å². The molecule has 0 unspecified atom stereocenters. The summed E-state index contributed by atoms with van der Waals surface area (Å²) in [6, 6.07) is 16.0. The molecule has 0 radical (unpaired) electrons. The summed E-state index contributed by atoms with van der Waals surface area (Å²) in [5, 5.41) is 3.02. The van der Waals surface area contributed by atoms with Crippen molar-refractivity contribution < 1.29 is 4.79 Å². The number of benzene rings is 2. The number of carbonyl (C=O) groups excluding carboxylic acids is 1. The fourth-order valence-electron chi connectivity index (χ4n) is 3.55. The van der Waals surface area contributed by atoms with E-state index in [9.17, 15) is 4.79 Å². The van der Waals surface area contributed by atoms with E-state index in [0.717, 1.165) is 50.3 Å². The topological polar surface area (TPSA) is 61.4 Å². The Morgan fingerprint density at radius 2 is 1.61 bits per heavy atom. The average Bonchev–Trinajstić information content (AvgIpc) is 2.75. The number of amides is 1. The second kappa shape index (κ2) is 8.91. The van der Waals surface area contributed by atoms with Crippen LogP contribution in [-0.4, -0.2) is 64.9 Å². The minimum atomic E-state index is -0.0599. The van der Waals surface area contributed by atoms with Crippen LogP contribution in [0.4, 0.5) is 0 Å². The minimum absolute atomic E-state index is 0.0599. The highest BCUT2D eigenvalue weighted by Gasteiger charge is 2.17. The van der Waals surface area contributed by atoms with Gasteiger partial charge in [0.05, 0.1) is 11.0 Å². The summed E-state index contributed by atoms with van der Waals surface area (Å²) in [7, 11) is 0. The highest BCUT2D eigenvalue weighted by molar-refractivity contribution is 5.97. The third-order valence-corrected chi connectivity index (χ3v) is 5.16. The van der Waals surface area contributed by atoms with Crippen LogP contribution < -0.4 is 5.32 Å². The predicted molar refractivity (Wildman–Crippen MR) is 110 cm³/mol. The molecule has 1 fully saturated rings. The van der Waals surface area contributed by atoms with Gasteiger partial charge in [0.15, 0.2) is 0 Å².